The maximum Gasteiger partial charge on any atom is 0.317 e. The van der Waals surface area contributed by atoms with Gasteiger partial charge in [-0.1, -0.05) is 5.16 Å². The van der Waals surface area contributed by atoms with Crippen molar-refractivity contribution in [1.29, 1.82) is 0 Å². The summed E-state index contributed by atoms with van der Waals surface area (Å²) in [6.45, 7) is 4.47. The van der Waals surface area contributed by atoms with Gasteiger partial charge in [-0.05, 0) is 13.8 Å². The Morgan fingerprint density at radius 2 is 2.28 bits per heavy atom. The van der Waals surface area contributed by atoms with E-state index in [9.17, 15) is 9.59 Å². The van der Waals surface area contributed by atoms with E-state index in [-0.39, 0.29) is 25.5 Å². The van der Waals surface area contributed by atoms with Gasteiger partial charge in [-0.2, -0.15) is 0 Å². The molecule has 0 saturated carbocycles. The summed E-state index contributed by atoms with van der Waals surface area (Å²) in [5.74, 6) is -0.245. The first-order valence-electron chi connectivity index (χ1n) is 5.69. The van der Waals surface area contributed by atoms with E-state index in [1.54, 1.807) is 19.9 Å². The van der Waals surface area contributed by atoms with Gasteiger partial charge >= 0.3 is 12.0 Å². The van der Waals surface area contributed by atoms with Crippen molar-refractivity contribution in [3.8, 4) is 0 Å². The summed E-state index contributed by atoms with van der Waals surface area (Å²) in [7, 11) is 0. The minimum atomic E-state index is -0.923. The molecule has 0 aliphatic rings. The standard InChI is InChI=1S/C11H17N3O4/c1-3-14(5-4-10(15)16)11(17)12-7-9-6-8(2)18-13-9/h6H,3-5,7H2,1-2H3,(H,12,17)(H,15,16). The molecule has 1 aromatic heterocycles. The van der Waals surface area contributed by atoms with E-state index < -0.39 is 5.97 Å². The Hall–Kier alpha value is -2.05. The van der Waals surface area contributed by atoms with Gasteiger partial charge in [-0.3, -0.25) is 4.79 Å². The van der Waals surface area contributed by atoms with Gasteiger partial charge in [0.15, 0.2) is 0 Å². The third kappa shape index (κ3) is 4.44. The molecule has 2 N–H and O–H groups in total. The number of nitrogens with one attached hydrogen (secondary N) is 1. The Labute approximate surface area is 105 Å². The Morgan fingerprint density at radius 3 is 2.78 bits per heavy atom. The monoisotopic (exact) mass is 255 g/mol. The number of carbonyl (C=O) groups is 2. The van der Waals surface area contributed by atoms with Crippen molar-refractivity contribution in [1.82, 2.24) is 15.4 Å². The average Bonchev–Trinajstić information content (AvgIpc) is 2.73. The first kappa shape index (κ1) is 14.0. The van der Waals surface area contributed by atoms with Crippen molar-refractivity contribution in [2.75, 3.05) is 13.1 Å². The predicted molar refractivity (Wildman–Crippen MR) is 63.0 cm³/mol. The van der Waals surface area contributed by atoms with E-state index in [0.717, 1.165) is 0 Å². The Balaban J connectivity index is 2.39. The van der Waals surface area contributed by atoms with E-state index in [1.165, 1.54) is 4.90 Å². The van der Waals surface area contributed by atoms with E-state index in [4.69, 9.17) is 9.63 Å². The second kappa shape index (κ2) is 6.63. The number of aromatic nitrogens is 1. The van der Waals surface area contributed by atoms with Gasteiger partial charge in [0.1, 0.15) is 11.5 Å². The number of urea groups is 1. The molecule has 0 saturated heterocycles. The second-order valence-electron chi connectivity index (χ2n) is 3.81. The van der Waals surface area contributed by atoms with Crippen molar-refractivity contribution in [2.24, 2.45) is 0 Å². The lowest BCUT2D eigenvalue weighted by Gasteiger charge is -2.20. The topological polar surface area (TPSA) is 95.7 Å². The average molecular weight is 255 g/mol. The molecule has 0 aromatic carbocycles. The minimum Gasteiger partial charge on any atom is -0.481 e. The van der Waals surface area contributed by atoms with E-state index >= 15 is 0 Å². The normalized spacial score (nSPS) is 10.1. The molecule has 1 heterocycles. The summed E-state index contributed by atoms with van der Waals surface area (Å²) < 4.78 is 4.87. The van der Waals surface area contributed by atoms with Gasteiger partial charge in [0.2, 0.25) is 0 Å². The molecule has 18 heavy (non-hydrogen) atoms. The number of nitrogens with zero attached hydrogens (tertiary/aromatic N) is 2. The summed E-state index contributed by atoms with van der Waals surface area (Å²) >= 11 is 0. The smallest absolute Gasteiger partial charge is 0.317 e. The van der Waals surface area contributed by atoms with Crippen LogP contribution < -0.4 is 5.32 Å². The Morgan fingerprint density at radius 1 is 1.56 bits per heavy atom. The number of hydrogen-bond donors (Lipinski definition) is 2. The van der Waals surface area contributed by atoms with Crippen molar-refractivity contribution in [3.63, 3.8) is 0 Å². The van der Waals surface area contributed by atoms with E-state index in [1.807, 2.05) is 0 Å². The van der Waals surface area contributed by atoms with Crippen LogP contribution in [-0.4, -0.2) is 40.3 Å². The maximum absolute atomic E-state index is 11.7. The molecule has 0 fully saturated rings. The SMILES string of the molecule is CCN(CCC(=O)O)C(=O)NCc1cc(C)on1. The molecule has 7 heteroatoms. The molecule has 0 atom stereocenters. The molecule has 1 rings (SSSR count). The molecule has 0 radical (unpaired) electrons. The number of amides is 2. The highest BCUT2D eigenvalue weighted by Crippen LogP contribution is 2.01. The molecule has 0 unspecified atom stereocenters. The molecule has 100 valence electrons. The molecule has 2 amide bonds. The van der Waals surface area contributed by atoms with Gasteiger partial charge in [0.25, 0.3) is 0 Å². The molecular weight excluding hydrogens is 238 g/mol. The quantitative estimate of drug-likeness (QED) is 0.790. The van der Waals surface area contributed by atoms with Crippen molar-refractivity contribution < 1.29 is 19.2 Å². The number of aliphatic carboxylic acids is 1. The highest BCUT2D eigenvalue weighted by molar-refractivity contribution is 5.75. The van der Waals surface area contributed by atoms with Crippen LogP contribution >= 0.6 is 0 Å². The Kier molecular flexibility index (Phi) is 5.16. The van der Waals surface area contributed by atoms with E-state index in [2.05, 4.69) is 10.5 Å². The van der Waals surface area contributed by atoms with Gasteiger partial charge < -0.3 is 19.8 Å². The third-order valence-corrected chi connectivity index (χ3v) is 2.36. The zero-order valence-electron chi connectivity index (χ0n) is 10.5. The summed E-state index contributed by atoms with van der Waals surface area (Å²) in [6.07, 6.45) is -0.0652. The zero-order valence-corrected chi connectivity index (χ0v) is 10.5. The fourth-order valence-electron chi connectivity index (χ4n) is 1.41. The lowest BCUT2D eigenvalue weighted by atomic mass is 10.3. The Bertz CT molecular complexity index is 416. The summed E-state index contributed by atoms with van der Waals surface area (Å²) in [5, 5.41) is 15.0. The highest BCUT2D eigenvalue weighted by Gasteiger charge is 2.13. The summed E-state index contributed by atoms with van der Waals surface area (Å²) in [6, 6.07) is 1.42. The number of carboxylic acid groups (broad SMARTS) is 1. The van der Waals surface area contributed by atoms with Crippen LogP contribution in [-0.2, 0) is 11.3 Å². The summed E-state index contributed by atoms with van der Waals surface area (Å²) in [4.78, 5) is 23.6. The van der Waals surface area contributed by atoms with Gasteiger partial charge in [0, 0.05) is 19.2 Å². The largest absolute Gasteiger partial charge is 0.481 e. The van der Waals surface area contributed by atoms with Gasteiger partial charge in [0.05, 0.1) is 13.0 Å². The second-order valence-corrected chi connectivity index (χ2v) is 3.81. The lowest BCUT2D eigenvalue weighted by molar-refractivity contribution is -0.137. The predicted octanol–water partition coefficient (Wildman–Crippen LogP) is 0.989. The van der Waals surface area contributed by atoms with Crippen molar-refractivity contribution in [3.05, 3.63) is 17.5 Å². The van der Waals surface area contributed by atoms with Crippen LogP contribution in [0, 0.1) is 6.92 Å². The molecule has 0 bridgehead atoms. The van der Waals surface area contributed by atoms with Crippen LogP contribution in [0.2, 0.25) is 0 Å². The fraction of sp³-hybridized carbons (Fsp3) is 0.545. The molecule has 0 aliphatic heterocycles. The fourth-order valence-corrected chi connectivity index (χ4v) is 1.41. The first-order chi connectivity index (χ1) is 8.52. The van der Waals surface area contributed by atoms with Crippen LogP contribution in [0.25, 0.3) is 0 Å². The molecule has 1 aromatic rings. The highest BCUT2D eigenvalue weighted by atomic mass is 16.5. The van der Waals surface area contributed by atoms with Gasteiger partial charge in [-0.25, -0.2) is 4.79 Å². The number of rotatable bonds is 6. The molecule has 0 aliphatic carbocycles. The molecular formula is C11H17N3O4. The van der Waals surface area contributed by atoms with Crippen LogP contribution in [0.1, 0.15) is 24.8 Å². The van der Waals surface area contributed by atoms with Crippen LogP contribution in [0.4, 0.5) is 4.79 Å². The third-order valence-electron chi connectivity index (χ3n) is 2.36. The number of hydrogen-bond acceptors (Lipinski definition) is 4. The van der Waals surface area contributed by atoms with Gasteiger partial charge in [-0.15, -0.1) is 0 Å². The maximum atomic E-state index is 11.7. The van der Waals surface area contributed by atoms with Crippen molar-refractivity contribution in [2.45, 2.75) is 26.8 Å². The lowest BCUT2D eigenvalue weighted by Crippen LogP contribution is -2.40. The molecule has 0 spiro atoms. The summed E-state index contributed by atoms with van der Waals surface area (Å²) in [5.41, 5.74) is 0.634. The molecule has 7 nitrogen and oxygen atoms in total. The minimum absolute atomic E-state index is 0.0652. The van der Waals surface area contributed by atoms with Crippen molar-refractivity contribution >= 4 is 12.0 Å². The number of carboxylic acids is 1. The van der Waals surface area contributed by atoms with Crippen LogP contribution in [0.15, 0.2) is 10.6 Å². The first-order valence-corrected chi connectivity index (χ1v) is 5.69. The number of carbonyl (C=O) groups excluding carboxylic acids is 1. The van der Waals surface area contributed by atoms with Crippen LogP contribution in [0.3, 0.4) is 0 Å². The van der Waals surface area contributed by atoms with Crippen LogP contribution in [0.5, 0.6) is 0 Å². The van der Waals surface area contributed by atoms with E-state index in [0.29, 0.717) is 18.0 Å². The zero-order chi connectivity index (χ0) is 13.5. The number of aryl methyl sites for hydroxylation is 1.